The third-order valence-corrected chi connectivity index (χ3v) is 7.22. The molecule has 1 heterocycles. The molecular weight excluding hydrogens is 358 g/mol. The van der Waals surface area contributed by atoms with Crippen molar-refractivity contribution in [2.24, 2.45) is 0 Å². The van der Waals surface area contributed by atoms with Crippen molar-refractivity contribution >= 4 is 9.84 Å². The first-order chi connectivity index (χ1) is 12.2. The highest BCUT2D eigenvalue weighted by molar-refractivity contribution is 7.91. The van der Waals surface area contributed by atoms with Crippen LogP contribution in [0.1, 0.15) is 78.0 Å². The van der Waals surface area contributed by atoms with Crippen molar-refractivity contribution in [3.05, 3.63) is 28.8 Å². The minimum Gasteiger partial charge on any atom is -0.507 e. The smallest absolute Gasteiger partial charge is 0.151 e. The van der Waals surface area contributed by atoms with E-state index in [0.29, 0.717) is 18.7 Å². The van der Waals surface area contributed by atoms with Crippen LogP contribution in [-0.4, -0.2) is 42.5 Å². The number of phenols is 1. The minimum atomic E-state index is -2.93. The summed E-state index contributed by atoms with van der Waals surface area (Å²) in [5.74, 6) is 0.871. The Balaban J connectivity index is 2.45. The number of hydrogen-bond acceptors (Lipinski definition) is 4. The summed E-state index contributed by atoms with van der Waals surface area (Å²) in [5.41, 5.74) is 2.89. The van der Waals surface area contributed by atoms with E-state index in [-0.39, 0.29) is 28.4 Å². The fourth-order valence-electron chi connectivity index (χ4n) is 3.78. The Morgan fingerprint density at radius 3 is 2.19 bits per heavy atom. The lowest BCUT2D eigenvalue weighted by atomic mass is 9.79. The number of benzene rings is 1. The summed E-state index contributed by atoms with van der Waals surface area (Å²) in [7, 11) is -2.93. The molecule has 1 atom stereocenters. The Labute approximate surface area is 165 Å². The fraction of sp³-hybridized carbons (Fsp3) is 0.727. The van der Waals surface area contributed by atoms with Gasteiger partial charge in [0.2, 0.25) is 0 Å². The number of sulfone groups is 1. The quantitative estimate of drug-likeness (QED) is 0.803. The predicted molar refractivity (Wildman–Crippen MR) is 113 cm³/mol. The van der Waals surface area contributed by atoms with Crippen LogP contribution < -0.4 is 0 Å². The van der Waals surface area contributed by atoms with E-state index in [1.165, 1.54) is 5.56 Å². The standard InChI is InChI=1S/C22H37NO3S/c1-8-10-23(18-9-11-27(25,26)15-18)14-16-12-17(21(2,3)4)13-19(20(16)24)22(5,6)7/h12-13,18,24H,8-11,14-15H2,1-7H3. The fourth-order valence-corrected chi connectivity index (χ4v) is 5.54. The van der Waals surface area contributed by atoms with Crippen LogP contribution in [0.4, 0.5) is 0 Å². The molecule has 0 saturated carbocycles. The SMILES string of the molecule is CCCN(Cc1cc(C(C)(C)C)cc(C(C)(C)C)c1O)C1CCS(=O)(=O)C1. The van der Waals surface area contributed by atoms with E-state index in [9.17, 15) is 13.5 Å². The van der Waals surface area contributed by atoms with Crippen LogP contribution in [0.2, 0.25) is 0 Å². The third kappa shape index (κ3) is 5.47. The molecule has 1 aliphatic heterocycles. The molecular formula is C22H37NO3S. The van der Waals surface area contributed by atoms with Gasteiger partial charge in [-0.15, -0.1) is 0 Å². The van der Waals surface area contributed by atoms with Crippen molar-refractivity contribution in [1.82, 2.24) is 4.90 Å². The van der Waals surface area contributed by atoms with Crippen LogP contribution in [0.15, 0.2) is 12.1 Å². The third-order valence-electron chi connectivity index (χ3n) is 5.47. The Morgan fingerprint density at radius 2 is 1.74 bits per heavy atom. The van der Waals surface area contributed by atoms with Crippen molar-refractivity contribution in [3.63, 3.8) is 0 Å². The Bertz CT molecular complexity index is 770. The zero-order valence-corrected chi connectivity index (χ0v) is 18.9. The summed E-state index contributed by atoms with van der Waals surface area (Å²) in [6.07, 6.45) is 1.65. The number of nitrogens with zero attached hydrogens (tertiary/aromatic N) is 1. The Kier molecular flexibility index (Phi) is 6.38. The molecule has 0 spiro atoms. The molecule has 2 rings (SSSR count). The van der Waals surface area contributed by atoms with Gasteiger partial charge < -0.3 is 5.11 Å². The molecule has 1 aromatic carbocycles. The second-order valence-electron chi connectivity index (χ2n) is 10.1. The molecule has 1 aliphatic rings. The van der Waals surface area contributed by atoms with Gasteiger partial charge in [-0.2, -0.15) is 0 Å². The number of rotatable bonds is 5. The van der Waals surface area contributed by atoms with Crippen LogP contribution in [0.5, 0.6) is 5.75 Å². The zero-order chi connectivity index (χ0) is 20.6. The molecule has 1 aromatic rings. The van der Waals surface area contributed by atoms with E-state index in [1.54, 1.807) is 0 Å². The zero-order valence-electron chi connectivity index (χ0n) is 18.1. The molecule has 0 aliphatic carbocycles. The van der Waals surface area contributed by atoms with Gasteiger partial charge in [0.1, 0.15) is 5.75 Å². The first-order valence-electron chi connectivity index (χ1n) is 10.1. The van der Waals surface area contributed by atoms with Crippen LogP contribution in [-0.2, 0) is 27.2 Å². The van der Waals surface area contributed by atoms with E-state index in [1.807, 2.05) is 0 Å². The topological polar surface area (TPSA) is 57.6 Å². The Morgan fingerprint density at radius 1 is 1.11 bits per heavy atom. The van der Waals surface area contributed by atoms with E-state index in [4.69, 9.17) is 0 Å². The van der Waals surface area contributed by atoms with Gasteiger partial charge in [-0.05, 0) is 41.3 Å². The molecule has 27 heavy (non-hydrogen) atoms. The molecule has 0 aromatic heterocycles. The number of hydrogen-bond donors (Lipinski definition) is 1. The summed E-state index contributed by atoms with van der Waals surface area (Å²) in [6.45, 7) is 16.4. The largest absolute Gasteiger partial charge is 0.507 e. The average molecular weight is 396 g/mol. The van der Waals surface area contributed by atoms with Gasteiger partial charge in [-0.3, -0.25) is 4.90 Å². The lowest BCUT2D eigenvalue weighted by Crippen LogP contribution is -2.36. The molecule has 1 N–H and O–H groups in total. The lowest BCUT2D eigenvalue weighted by molar-refractivity contribution is 0.201. The minimum absolute atomic E-state index is 0.0191. The number of phenolic OH excluding ortho intramolecular Hbond substituents is 1. The van der Waals surface area contributed by atoms with Gasteiger partial charge >= 0.3 is 0 Å². The predicted octanol–water partition coefficient (Wildman–Crippen LogP) is 4.39. The summed E-state index contributed by atoms with van der Waals surface area (Å²) < 4.78 is 23.9. The molecule has 5 heteroatoms. The van der Waals surface area contributed by atoms with Crippen molar-refractivity contribution in [3.8, 4) is 5.75 Å². The van der Waals surface area contributed by atoms with Crippen molar-refractivity contribution in [1.29, 1.82) is 0 Å². The van der Waals surface area contributed by atoms with Crippen molar-refractivity contribution in [2.45, 2.75) is 84.7 Å². The maximum absolute atomic E-state index is 12.0. The second-order valence-corrected chi connectivity index (χ2v) is 12.3. The van der Waals surface area contributed by atoms with E-state index in [0.717, 1.165) is 24.1 Å². The van der Waals surface area contributed by atoms with Gasteiger partial charge in [0.15, 0.2) is 9.84 Å². The van der Waals surface area contributed by atoms with E-state index < -0.39 is 9.84 Å². The van der Waals surface area contributed by atoms with Gasteiger partial charge in [-0.1, -0.05) is 60.6 Å². The lowest BCUT2D eigenvalue weighted by Gasteiger charge is -2.31. The highest BCUT2D eigenvalue weighted by Gasteiger charge is 2.33. The van der Waals surface area contributed by atoms with Crippen molar-refractivity contribution in [2.75, 3.05) is 18.1 Å². The molecule has 0 radical (unpaired) electrons. The van der Waals surface area contributed by atoms with Gasteiger partial charge in [0.25, 0.3) is 0 Å². The van der Waals surface area contributed by atoms with Crippen molar-refractivity contribution < 1.29 is 13.5 Å². The summed E-state index contributed by atoms with van der Waals surface area (Å²) in [5, 5.41) is 11.0. The maximum Gasteiger partial charge on any atom is 0.151 e. The molecule has 1 unspecified atom stereocenters. The van der Waals surface area contributed by atoms with Gasteiger partial charge in [0.05, 0.1) is 11.5 Å². The van der Waals surface area contributed by atoms with Crippen LogP contribution >= 0.6 is 0 Å². The number of aromatic hydroxyl groups is 1. The normalized spacial score (nSPS) is 20.4. The summed E-state index contributed by atoms with van der Waals surface area (Å²) in [6, 6.07) is 4.28. The highest BCUT2D eigenvalue weighted by atomic mass is 32.2. The second kappa shape index (κ2) is 7.75. The monoisotopic (exact) mass is 395 g/mol. The molecule has 4 nitrogen and oxygen atoms in total. The first-order valence-corrected chi connectivity index (χ1v) is 11.9. The maximum atomic E-state index is 12.0. The molecule has 0 bridgehead atoms. The van der Waals surface area contributed by atoms with Gasteiger partial charge in [0, 0.05) is 18.2 Å². The highest BCUT2D eigenvalue weighted by Crippen LogP contribution is 2.38. The average Bonchev–Trinajstić information content (AvgIpc) is 2.86. The molecule has 1 saturated heterocycles. The van der Waals surface area contributed by atoms with Crippen LogP contribution in [0.25, 0.3) is 0 Å². The molecule has 0 amide bonds. The van der Waals surface area contributed by atoms with Crippen LogP contribution in [0.3, 0.4) is 0 Å². The Hall–Kier alpha value is -1.07. The van der Waals surface area contributed by atoms with E-state index in [2.05, 4.69) is 65.5 Å². The van der Waals surface area contributed by atoms with E-state index >= 15 is 0 Å². The van der Waals surface area contributed by atoms with Crippen LogP contribution in [0, 0.1) is 0 Å². The first kappa shape index (κ1) is 22.2. The summed E-state index contributed by atoms with van der Waals surface area (Å²) in [4.78, 5) is 2.25. The summed E-state index contributed by atoms with van der Waals surface area (Å²) >= 11 is 0. The van der Waals surface area contributed by atoms with Gasteiger partial charge in [-0.25, -0.2) is 8.42 Å². The molecule has 154 valence electrons. The molecule has 1 fully saturated rings.